The second-order valence-corrected chi connectivity index (χ2v) is 8.18. The summed E-state index contributed by atoms with van der Waals surface area (Å²) in [6.45, 7) is 0. The molecule has 1 unspecified atom stereocenters. The van der Waals surface area contributed by atoms with Crippen LogP contribution in [-0.4, -0.2) is 94.8 Å². The standard InChI is InChI=1S/C20H25N7O11/c21-10(2-6-16(30)31)18(33)26(25-17(32)9-1-3-13(24-22)23-8-9)11(19(34)35)7-12(20(36)37)27(38)14(28)4-5-15(27)29/h1,3,8,10-12,38H,2,4-7,21-22H2,(H4-,23,24,25,30,31,32,34,35,36,37)/p+1/t10-,11-,12?/m0/s1. The Morgan fingerprint density at radius 3 is 2.11 bits per heavy atom. The Morgan fingerprint density at radius 1 is 1.05 bits per heavy atom. The van der Waals surface area contributed by atoms with Crippen LogP contribution in [0.3, 0.4) is 0 Å². The van der Waals surface area contributed by atoms with Gasteiger partial charge in [0.25, 0.3) is 11.8 Å². The first-order chi connectivity index (χ1) is 17.7. The summed E-state index contributed by atoms with van der Waals surface area (Å²) in [7, 11) is 0. The maximum absolute atomic E-state index is 13.1. The van der Waals surface area contributed by atoms with Crippen LogP contribution < -0.4 is 22.4 Å². The number of carboxylic acids is 3. The third-order valence-electron chi connectivity index (χ3n) is 5.71. The largest absolute Gasteiger partial charge is 0.481 e. The van der Waals surface area contributed by atoms with Gasteiger partial charge < -0.3 is 26.5 Å². The summed E-state index contributed by atoms with van der Waals surface area (Å²) in [5.74, 6) is -4.67. The Morgan fingerprint density at radius 2 is 1.66 bits per heavy atom. The van der Waals surface area contributed by atoms with Crippen LogP contribution in [-0.2, 0) is 28.8 Å². The molecule has 2 heterocycles. The van der Waals surface area contributed by atoms with Gasteiger partial charge in [-0.1, -0.05) is 0 Å². The molecule has 0 spiro atoms. The van der Waals surface area contributed by atoms with E-state index < -0.39 is 96.4 Å². The molecule has 10 N–H and O–H groups in total. The van der Waals surface area contributed by atoms with E-state index in [1.54, 1.807) is 0 Å². The molecular weight excluding hydrogens is 514 g/mol. The van der Waals surface area contributed by atoms with Gasteiger partial charge in [0.2, 0.25) is 6.04 Å². The molecule has 1 fully saturated rings. The molecule has 1 aromatic rings. The van der Waals surface area contributed by atoms with E-state index in [1.165, 1.54) is 12.1 Å². The van der Waals surface area contributed by atoms with Gasteiger partial charge in [-0.3, -0.25) is 19.8 Å². The quantitative estimate of drug-likeness (QED) is 0.0442. The maximum atomic E-state index is 13.1. The Balaban J connectivity index is 2.49. The number of hydrazine groups is 2. The SMILES string of the molecule is NNc1ccc(C(=O)NN(C(=O)[C@@H](N)CCC(=O)O)[C@@H](CC(C(=O)O)[N+]2(O)C(=O)CCC2=O)C(=O)O)cn1. The number of nitrogens with one attached hydrogen (secondary N) is 2. The van der Waals surface area contributed by atoms with Crippen molar-refractivity contribution in [3.63, 3.8) is 0 Å². The Bertz CT molecular complexity index is 1120. The van der Waals surface area contributed by atoms with Gasteiger partial charge in [-0.2, -0.15) is 0 Å². The highest BCUT2D eigenvalue weighted by Gasteiger charge is 2.60. The van der Waals surface area contributed by atoms with Crippen LogP contribution in [0.25, 0.3) is 0 Å². The molecule has 0 saturated carbocycles. The number of nitrogen functional groups attached to an aromatic ring is 1. The van der Waals surface area contributed by atoms with Crippen molar-refractivity contribution in [1.29, 1.82) is 0 Å². The van der Waals surface area contributed by atoms with Gasteiger partial charge in [0.05, 0.1) is 24.4 Å². The average Bonchev–Trinajstić information content (AvgIpc) is 3.13. The van der Waals surface area contributed by atoms with E-state index in [4.69, 9.17) is 16.7 Å². The van der Waals surface area contributed by atoms with E-state index in [1.807, 2.05) is 5.43 Å². The molecular formula is C20H26N7O11+. The number of amides is 4. The van der Waals surface area contributed by atoms with Crippen LogP contribution in [0.1, 0.15) is 42.5 Å². The minimum absolute atomic E-state index is 0.148. The summed E-state index contributed by atoms with van der Waals surface area (Å²) in [4.78, 5) is 89.2. The van der Waals surface area contributed by atoms with E-state index in [2.05, 4.69) is 10.4 Å². The Labute approximate surface area is 213 Å². The summed E-state index contributed by atoms with van der Waals surface area (Å²) < 4.78 is -2.24. The lowest BCUT2D eigenvalue weighted by molar-refractivity contribution is -0.984. The zero-order valence-corrected chi connectivity index (χ0v) is 19.6. The first-order valence-corrected chi connectivity index (χ1v) is 10.9. The summed E-state index contributed by atoms with van der Waals surface area (Å²) >= 11 is 0. The number of aliphatic carboxylic acids is 3. The maximum Gasteiger partial charge on any atom is 0.366 e. The molecule has 38 heavy (non-hydrogen) atoms. The molecule has 1 aromatic heterocycles. The zero-order valence-electron chi connectivity index (χ0n) is 19.6. The second kappa shape index (κ2) is 12.1. The molecule has 0 bridgehead atoms. The highest BCUT2D eigenvalue weighted by atomic mass is 16.6. The number of likely N-dealkylation sites (tertiary alicyclic amines) is 1. The summed E-state index contributed by atoms with van der Waals surface area (Å²) in [5.41, 5.74) is 9.71. The highest BCUT2D eigenvalue weighted by molar-refractivity contribution is 5.97. The van der Waals surface area contributed by atoms with Crippen molar-refractivity contribution < 1.29 is 58.7 Å². The lowest BCUT2D eigenvalue weighted by Gasteiger charge is -2.34. The van der Waals surface area contributed by atoms with Gasteiger partial charge in [-0.15, -0.1) is 0 Å². The van der Waals surface area contributed by atoms with Crippen LogP contribution in [0.5, 0.6) is 0 Å². The second-order valence-electron chi connectivity index (χ2n) is 8.18. The average molecular weight is 540 g/mol. The number of anilines is 1. The van der Waals surface area contributed by atoms with Gasteiger partial charge in [0.15, 0.2) is 6.04 Å². The smallest absolute Gasteiger partial charge is 0.366 e. The first kappa shape index (κ1) is 29.7. The fraction of sp³-hybridized carbons (Fsp3) is 0.400. The molecule has 1 saturated heterocycles. The summed E-state index contributed by atoms with van der Waals surface area (Å²) in [5, 5.41) is 39.2. The molecule has 1 aliphatic rings. The molecule has 206 valence electrons. The molecule has 4 amide bonds. The Hall–Kier alpha value is -4.52. The number of carbonyl (C=O) groups excluding carboxylic acids is 4. The number of carbonyl (C=O) groups is 7. The van der Waals surface area contributed by atoms with E-state index in [0.29, 0.717) is 0 Å². The molecule has 3 atom stereocenters. The molecule has 2 rings (SSSR count). The van der Waals surface area contributed by atoms with Crippen LogP contribution >= 0.6 is 0 Å². The van der Waals surface area contributed by atoms with Crippen molar-refractivity contribution in [2.45, 2.75) is 50.2 Å². The molecule has 1 aliphatic heterocycles. The van der Waals surface area contributed by atoms with Gasteiger partial charge in [0.1, 0.15) is 5.82 Å². The minimum Gasteiger partial charge on any atom is -0.481 e. The highest BCUT2D eigenvalue weighted by Crippen LogP contribution is 2.28. The van der Waals surface area contributed by atoms with Crippen molar-refractivity contribution in [2.24, 2.45) is 11.6 Å². The lowest BCUT2D eigenvalue weighted by Crippen LogP contribution is -2.65. The summed E-state index contributed by atoms with van der Waals surface area (Å²) in [6.07, 6.45) is -2.34. The molecule has 18 heteroatoms. The number of aromatic nitrogens is 1. The third-order valence-corrected chi connectivity index (χ3v) is 5.71. The molecule has 0 radical (unpaired) electrons. The van der Waals surface area contributed by atoms with Crippen LogP contribution in [0, 0.1) is 0 Å². The van der Waals surface area contributed by atoms with Gasteiger partial charge in [-0.25, -0.2) is 40.2 Å². The van der Waals surface area contributed by atoms with Crippen molar-refractivity contribution >= 4 is 47.4 Å². The molecule has 18 nitrogen and oxygen atoms in total. The minimum atomic E-state index is -2.38. The van der Waals surface area contributed by atoms with E-state index >= 15 is 0 Å². The first-order valence-electron chi connectivity index (χ1n) is 10.9. The number of carboxylic acid groups (broad SMARTS) is 3. The molecule has 0 aliphatic carbocycles. The number of rotatable bonds is 12. The lowest BCUT2D eigenvalue weighted by atomic mass is 10.0. The number of hydrogen-bond donors (Lipinski definition) is 8. The number of nitrogens with two attached hydrogens (primary N) is 2. The van der Waals surface area contributed by atoms with Crippen molar-refractivity contribution in [1.82, 2.24) is 15.4 Å². The predicted molar refractivity (Wildman–Crippen MR) is 120 cm³/mol. The predicted octanol–water partition coefficient (Wildman–Crippen LogP) is -2.62. The van der Waals surface area contributed by atoms with E-state index in [9.17, 15) is 49.0 Å². The number of nitrogens with zero attached hydrogens (tertiary/aromatic N) is 3. The van der Waals surface area contributed by atoms with E-state index in [-0.39, 0.29) is 16.4 Å². The van der Waals surface area contributed by atoms with Crippen molar-refractivity contribution in [3.8, 4) is 0 Å². The number of hydroxylamine groups is 3. The number of hydrogen-bond acceptors (Lipinski definition) is 12. The zero-order chi connectivity index (χ0) is 28.8. The number of imide groups is 1. The monoisotopic (exact) mass is 540 g/mol. The van der Waals surface area contributed by atoms with E-state index in [0.717, 1.165) is 6.20 Å². The van der Waals surface area contributed by atoms with Crippen molar-refractivity contribution in [3.05, 3.63) is 23.9 Å². The van der Waals surface area contributed by atoms with Crippen LogP contribution in [0.4, 0.5) is 5.82 Å². The van der Waals surface area contributed by atoms with Gasteiger partial charge in [-0.05, 0) is 23.2 Å². The topological polar surface area (TPSA) is 293 Å². The Kier molecular flexibility index (Phi) is 9.50. The molecule has 0 aromatic carbocycles. The van der Waals surface area contributed by atoms with Gasteiger partial charge >= 0.3 is 29.7 Å². The van der Waals surface area contributed by atoms with Gasteiger partial charge in [0, 0.05) is 19.0 Å². The van der Waals surface area contributed by atoms with Crippen LogP contribution in [0.15, 0.2) is 18.3 Å². The summed E-state index contributed by atoms with van der Waals surface area (Å²) in [6, 6.07) is -3.89. The third kappa shape index (κ3) is 6.42. The number of quaternary nitrogens is 1. The normalized spacial score (nSPS) is 16.7. The fourth-order valence-electron chi connectivity index (χ4n) is 3.64. The fourth-order valence-corrected chi connectivity index (χ4v) is 3.64. The number of pyridine rings is 1. The van der Waals surface area contributed by atoms with Crippen LogP contribution in [0.2, 0.25) is 0 Å². The van der Waals surface area contributed by atoms with Crippen molar-refractivity contribution in [2.75, 3.05) is 5.43 Å².